The first-order chi connectivity index (χ1) is 16.3. The molecular weight excluding hydrogens is 456 g/mol. The van der Waals surface area contributed by atoms with Crippen LogP contribution in [-0.4, -0.2) is 30.5 Å². The van der Waals surface area contributed by atoms with Crippen molar-refractivity contribution in [3.8, 4) is 5.75 Å². The van der Waals surface area contributed by atoms with Crippen LogP contribution < -0.4 is 20.8 Å². The molecule has 0 unspecified atom stereocenters. The number of carbonyl (C=O) groups is 3. The van der Waals surface area contributed by atoms with Crippen molar-refractivity contribution in [3.05, 3.63) is 88.4 Å². The van der Waals surface area contributed by atoms with Crippen LogP contribution in [0.15, 0.2) is 71.8 Å². The van der Waals surface area contributed by atoms with E-state index in [1.54, 1.807) is 48.5 Å². The Morgan fingerprint density at radius 2 is 1.62 bits per heavy atom. The Bertz CT molecular complexity index is 1220. The first-order valence-electron chi connectivity index (χ1n) is 10.3. The molecule has 0 fully saturated rings. The van der Waals surface area contributed by atoms with Crippen LogP contribution in [-0.2, 0) is 14.4 Å². The van der Waals surface area contributed by atoms with E-state index in [9.17, 15) is 14.4 Å². The van der Waals surface area contributed by atoms with Crippen LogP contribution in [0.1, 0.15) is 16.7 Å². The van der Waals surface area contributed by atoms with Gasteiger partial charge in [0, 0.05) is 5.69 Å². The normalized spacial score (nSPS) is 10.6. The van der Waals surface area contributed by atoms with E-state index < -0.39 is 11.8 Å². The highest BCUT2D eigenvalue weighted by Gasteiger charge is 2.14. The molecule has 3 amide bonds. The van der Waals surface area contributed by atoms with E-state index in [2.05, 4.69) is 21.2 Å². The lowest BCUT2D eigenvalue weighted by molar-refractivity contribution is -0.136. The second-order valence-electron chi connectivity index (χ2n) is 7.31. The average Bonchev–Trinajstić information content (AvgIpc) is 2.82. The molecule has 0 aliphatic rings. The van der Waals surface area contributed by atoms with E-state index in [1.807, 2.05) is 32.0 Å². The van der Waals surface area contributed by atoms with Crippen LogP contribution in [0.4, 0.5) is 11.4 Å². The molecular formula is C25H23ClN4O4. The van der Waals surface area contributed by atoms with Gasteiger partial charge in [-0.05, 0) is 54.8 Å². The summed E-state index contributed by atoms with van der Waals surface area (Å²) in [6.07, 6.45) is 1.35. The topological polar surface area (TPSA) is 109 Å². The van der Waals surface area contributed by atoms with Crippen molar-refractivity contribution in [3.63, 3.8) is 0 Å². The first kappa shape index (κ1) is 24.5. The number of nitrogens with zero attached hydrogens (tertiary/aromatic N) is 1. The predicted octanol–water partition coefficient (Wildman–Crippen LogP) is 4.06. The van der Waals surface area contributed by atoms with Gasteiger partial charge in [-0.1, -0.05) is 54.1 Å². The van der Waals surface area contributed by atoms with Crippen molar-refractivity contribution in [2.24, 2.45) is 5.10 Å². The Labute approximate surface area is 202 Å². The second-order valence-corrected chi connectivity index (χ2v) is 7.72. The van der Waals surface area contributed by atoms with Crippen LogP contribution in [0.5, 0.6) is 5.75 Å². The quantitative estimate of drug-likeness (QED) is 0.270. The van der Waals surface area contributed by atoms with Gasteiger partial charge in [0.15, 0.2) is 6.61 Å². The van der Waals surface area contributed by atoms with Gasteiger partial charge < -0.3 is 15.4 Å². The SMILES string of the molecule is Cc1cccc(C)c1NC(=O)COc1cccc(/C=N/NC(=O)C(=O)Nc2ccccc2Cl)c1. The maximum atomic E-state index is 12.3. The number of amides is 3. The third-order valence-corrected chi connectivity index (χ3v) is 5.01. The van der Waals surface area contributed by atoms with Crippen molar-refractivity contribution in [2.45, 2.75) is 13.8 Å². The number of hydrogen-bond acceptors (Lipinski definition) is 5. The Morgan fingerprint density at radius 1 is 0.912 bits per heavy atom. The average molecular weight is 479 g/mol. The Kier molecular flexibility index (Phi) is 8.37. The van der Waals surface area contributed by atoms with E-state index in [0.29, 0.717) is 22.0 Å². The summed E-state index contributed by atoms with van der Waals surface area (Å²) in [5.41, 5.74) is 5.77. The minimum atomic E-state index is -0.952. The maximum Gasteiger partial charge on any atom is 0.329 e. The number of hydrogen-bond donors (Lipinski definition) is 3. The number of para-hydroxylation sites is 2. The van der Waals surface area contributed by atoms with Gasteiger partial charge in [-0.3, -0.25) is 14.4 Å². The molecule has 34 heavy (non-hydrogen) atoms. The fourth-order valence-electron chi connectivity index (χ4n) is 2.98. The molecule has 3 rings (SSSR count). The molecule has 0 saturated heterocycles. The van der Waals surface area contributed by atoms with Crippen molar-refractivity contribution in [1.82, 2.24) is 5.43 Å². The van der Waals surface area contributed by atoms with E-state index >= 15 is 0 Å². The third-order valence-electron chi connectivity index (χ3n) is 4.68. The summed E-state index contributed by atoms with van der Waals surface area (Å²) < 4.78 is 5.57. The third kappa shape index (κ3) is 6.91. The second kappa shape index (κ2) is 11.6. The highest BCUT2D eigenvalue weighted by Crippen LogP contribution is 2.20. The minimum Gasteiger partial charge on any atom is -0.484 e. The van der Waals surface area contributed by atoms with Crippen molar-refractivity contribution >= 4 is 46.9 Å². The molecule has 0 bridgehead atoms. The zero-order valence-corrected chi connectivity index (χ0v) is 19.3. The number of rotatable bonds is 7. The summed E-state index contributed by atoms with van der Waals surface area (Å²) in [4.78, 5) is 36.2. The van der Waals surface area contributed by atoms with E-state index in [0.717, 1.165) is 16.8 Å². The molecule has 0 aliphatic heterocycles. The van der Waals surface area contributed by atoms with E-state index in [4.69, 9.17) is 16.3 Å². The lowest BCUT2D eigenvalue weighted by Gasteiger charge is -2.12. The summed E-state index contributed by atoms with van der Waals surface area (Å²) in [5.74, 6) is -1.69. The highest BCUT2D eigenvalue weighted by atomic mass is 35.5. The van der Waals surface area contributed by atoms with Crippen LogP contribution >= 0.6 is 11.6 Å². The number of ether oxygens (including phenoxy) is 1. The monoisotopic (exact) mass is 478 g/mol. The number of benzene rings is 3. The molecule has 0 spiro atoms. The largest absolute Gasteiger partial charge is 0.484 e. The van der Waals surface area contributed by atoms with Crippen LogP contribution in [0.2, 0.25) is 5.02 Å². The Hall–Kier alpha value is -4.17. The van der Waals surface area contributed by atoms with Crippen LogP contribution in [0, 0.1) is 13.8 Å². The molecule has 0 radical (unpaired) electrons. The molecule has 8 nitrogen and oxygen atoms in total. The highest BCUT2D eigenvalue weighted by molar-refractivity contribution is 6.41. The fraction of sp³-hybridized carbons (Fsp3) is 0.120. The maximum absolute atomic E-state index is 12.3. The minimum absolute atomic E-state index is 0.173. The molecule has 0 aliphatic carbocycles. The number of hydrazone groups is 1. The Morgan fingerprint density at radius 3 is 2.35 bits per heavy atom. The smallest absolute Gasteiger partial charge is 0.329 e. The van der Waals surface area contributed by atoms with Crippen molar-refractivity contribution < 1.29 is 19.1 Å². The molecule has 0 atom stereocenters. The molecule has 9 heteroatoms. The summed E-state index contributed by atoms with van der Waals surface area (Å²) in [6, 6.07) is 19.1. The number of nitrogens with one attached hydrogen (secondary N) is 3. The summed E-state index contributed by atoms with van der Waals surface area (Å²) in [7, 11) is 0. The van der Waals surface area contributed by atoms with Gasteiger partial charge in [-0.25, -0.2) is 5.43 Å². The lowest BCUT2D eigenvalue weighted by Crippen LogP contribution is -2.32. The fourth-order valence-corrected chi connectivity index (χ4v) is 3.16. The number of carbonyl (C=O) groups excluding carboxylic acids is 3. The summed E-state index contributed by atoms with van der Waals surface area (Å²) >= 11 is 5.96. The van der Waals surface area contributed by atoms with E-state index in [1.165, 1.54) is 6.21 Å². The van der Waals surface area contributed by atoms with Gasteiger partial charge >= 0.3 is 11.8 Å². The molecule has 3 N–H and O–H groups in total. The first-order valence-corrected chi connectivity index (χ1v) is 10.7. The standard InChI is InChI=1S/C25H23ClN4O4/c1-16-7-5-8-17(2)23(16)29-22(31)15-34-19-10-6-9-18(13-19)14-27-30-25(33)24(32)28-21-12-4-3-11-20(21)26/h3-14H,15H2,1-2H3,(H,28,32)(H,29,31)(H,30,33)/b27-14+. The molecule has 0 heterocycles. The van der Waals surface area contributed by atoms with Gasteiger partial charge in [-0.2, -0.15) is 5.10 Å². The molecule has 174 valence electrons. The number of halogens is 1. The molecule has 3 aromatic carbocycles. The molecule has 0 saturated carbocycles. The van der Waals surface area contributed by atoms with Gasteiger partial charge in [0.2, 0.25) is 0 Å². The zero-order valence-electron chi connectivity index (χ0n) is 18.6. The molecule has 3 aromatic rings. The predicted molar refractivity (Wildman–Crippen MR) is 132 cm³/mol. The zero-order chi connectivity index (χ0) is 24.5. The van der Waals surface area contributed by atoms with Gasteiger partial charge in [0.1, 0.15) is 5.75 Å². The van der Waals surface area contributed by atoms with Crippen molar-refractivity contribution in [1.29, 1.82) is 0 Å². The van der Waals surface area contributed by atoms with E-state index in [-0.39, 0.29) is 12.5 Å². The number of aryl methyl sites for hydroxylation is 2. The summed E-state index contributed by atoms with van der Waals surface area (Å²) in [6.45, 7) is 3.67. The lowest BCUT2D eigenvalue weighted by atomic mass is 10.1. The van der Waals surface area contributed by atoms with Gasteiger partial charge in [0.05, 0.1) is 16.9 Å². The summed E-state index contributed by atoms with van der Waals surface area (Å²) in [5, 5.41) is 9.36. The van der Waals surface area contributed by atoms with Gasteiger partial charge in [-0.15, -0.1) is 0 Å². The van der Waals surface area contributed by atoms with Gasteiger partial charge in [0.25, 0.3) is 5.91 Å². The van der Waals surface area contributed by atoms with Crippen LogP contribution in [0.3, 0.4) is 0 Å². The van der Waals surface area contributed by atoms with Crippen molar-refractivity contribution in [2.75, 3.05) is 17.2 Å². The Balaban J connectivity index is 1.51. The molecule has 0 aromatic heterocycles. The van der Waals surface area contributed by atoms with Crippen LogP contribution in [0.25, 0.3) is 0 Å². The number of anilines is 2.